The third kappa shape index (κ3) is 1.89. The molecule has 86 valence electrons. The lowest BCUT2D eigenvalue weighted by molar-refractivity contribution is 0.574. The SMILES string of the molecule is CCCc1cc2c(=O)n(C(C)C)cnc2s1. The van der Waals surface area contributed by atoms with Gasteiger partial charge in [0, 0.05) is 10.9 Å². The van der Waals surface area contributed by atoms with E-state index in [-0.39, 0.29) is 11.6 Å². The van der Waals surface area contributed by atoms with Gasteiger partial charge in [0.05, 0.1) is 11.7 Å². The number of rotatable bonds is 3. The zero-order valence-electron chi connectivity index (χ0n) is 9.86. The van der Waals surface area contributed by atoms with Gasteiger partial charge in [-0.15, -0.1) is 11.3 Å². The molecule has 2 aromatic heterocycles. The molecule has 0 unspecified atom stereocenters. The zero-order valence-corrected chi connectivity index (χ0v) is 10.7. The van der Waals surface area contributed by atoms with E-state index in [2.05, 4.69) is 11.9 Å². The van der Waals surface area contributed by atoms with Gasteiger partial charge >= 0.3 is 0 Å². The Labute approximate surface area is 98.8 Å². The second-order valence-corrected chi connectivity index (χ2v) is 5.35. The van der Waals surface area contributed by atoms with E-state index >= 15 is 0 Å². The van der Waals surface area contributed by atoms with Gasteiger partial charge in [-0.3, -0.25) is 9.36 Å². The van der Waals surface area contributed by atoms with Crippen LogP contribution in [0.1, 0.15) is 38.1 Å². The summed E-state index contributed by atoms with van der Waals surface area (Å²) in [6.07, 6.45) is 3.79. The van der Waals surface area contributed by atoms with Crippen molar-refractivity contribution in [3.8, 4) is 0 Å². The molecule has 16 heavy (non-hydrogen) atoms. The maximum atomic E-state index is 12.1. The van der Waals surface area contributed by atoms with E-state index in [1.807, 2.05) is 19.9 Å². The van der Waals surface area contributed by atoms with E-state index in [1.165, 1.54) is 4.88 Å². The van der Waals surface area contributed by atoms with E-state index in [9.17, 15) is 4.79 Å². The fourth-order valence-electron chi connectivity index (χ4n) is 1.72. The monoisotopic (exact) mass is 236 g/mol. The molecule has 0 N–H and O–H groups in total. The summed E-state index contributed by atoms with van der Waals surface area (Å²) in [7, 11) is 0. The summed E-state index contributed by atoms with van der Waals surface area (Å²) in [5.74, 6) is 0. The predicted molar refractivity (Wildman–Crippen MR) is 68.3 cm³/mol. The van der Waals surface area contributed by atoms with Crippen LogP contribution in [-0.2, 0) is 6.42 Å². The van der Waals surface area contributed by atoms with Crippen LogP contribution in [0.4, 0.5) is 0 Å². The summed E-state index contributed by atoms with van der Waals surface area (Å²) in [6.45, 7) is 6.13. The van der Waals surface area contributed by atoms with Crippen molar-refractivity contribution in [1.29, 1.82) is 0 Å². The Kier molecular flexibility index (Phi) is 3.10. The molecule has 0 aliphatic heterocycles. The maximum Gasteiger partial charge on any atom is 0.262 e. The fourth-order valence-corrected chi connectivity index (χ4v) is 2.81. The summed E-state index contributed by atoms with van der Waals surface area (Å²) in [5, 5.41) is 0.768. The molecule has 0 amide bonds. The van der Waals surface area contributed by atoms with E-state index in [0.29, 0.717) is 0 Å². The predicted octanol–water partition coefficient (Wildman–Crippen LogP) is 2.99. The molecule has 3 nitrogen and oxygen atoms in total. The lowest BCUT2D eigenvalue weighted by Gasteiger charge is -2.07. The Bertz CT molecular complexity index is 554. The quantitative estimate of drug-likeness (QED) is 0.821. The van der Waals surface area contributed by atoms with Crippen LogP contribution in [0.5, 0.6) is 0 Å². The third-order valence-electron chi connectivity index (χ3n) is 2.58. The van der Waals surface area contributed by atoms with Crippen molar-refractivity contribution in [3.63, 3.8) is 0 Å². The van der Waals surface area contributed by atoms with Gasteiger partial charge in [0.25, 0.3) is 5.56 Å². The van der Waals surface area contributed by atoms with Gasteiger partial charge in [0.2, 0.25) is 0 Å². The lowest BCUT2D eigenvalue weighted by Crippen LogP contribution is -2.21. The summed E-state index contributed by atoms with van der Waals surface area (Å²) < 4.78 is 1.69. The van der Waals surface area contributed by atoms with Crippen molar-refractivity contribution in [2.24, 2.45) is 0 Å². The average molecular weight is 236 g/mol. The smallest absolute Gasteiger partial charge is 0.262 e. The van der Waals surface area contributed by atoms with Crippen LogP contribution in [-0.4, -0.2) is 9.55 Å². The van der Waals surface area contributed by atoms with Crippen LogP contribution in [0.2, 0.25) is 0 Å². The van der Waals surface area contributed by atoms with E-state index in [0.717, 1.165) is 23.1 Å². The second kappa shape index (κ2) is 4.37. The average Bonchev–Trinajstić information content (AvgIpc) is 2.62. The molecule has 0 atom stereocenters. The molecule has 0 bridgehead atoms. The van der Waals surface area contributed by atoms with Gasteiger partial charge in [-0.2, -0.15) is 0 Å². The molecule has 4 heteroatoms. The van der Waals surface area contributed by atoms with Crippen molar-refractivity contribution in [2.45, 2.75) is 39.7 Å². The number of aromatic nitrogens is 2. The summed E-state index contributed by atoms with van der Waals surface area (Å²) in [4.78, 5) is 18.6. The number of hydrogen-bond donors (Lipinski definition) is 0. The van der Waals surface area contributed by atoms with Gasteiger partial charge in [0.1, 0.15) is 4.83 Å². The fraction of sp³-hybridized carbons (Fsp3) is 0.500. The van der Waals surface area contributed by atoms with Gasteiger partial charge in [-0.25, -0.2) is 4.98 Å². The number of aryl methyl sites for hydroxylation is 1. The van der Waals surface area contributed by atoms with Crippen LogP contribution in [0.25, 0.3) is 10.2 Å². The number of fused-ring (bicyclic) bond motifs is 1. The van der Waals surface area contributed by atoms with Crippen LogP contribution < -0.4 is 5.56 Å². The largest absolute Gasteiger partial charge is 0.296 e. The Balaban J connectivity index is 2.60. The summed E-state index contributed by atoms with van der Waals surface area (Å²) in [6, 6.07) is 2.16. The Morgan fingerprint density at radius 3 is 2.88 bits per heavy atom. The van der Waals surface area contributed by atoms with Crippen molar-refractivity contribution in [2.75, 3.05) is 0 Å². The highest BCUT2D eigenvalue weighted by molar-refractivity contribution is 7.18. The molecule has 0 radical (unpaired) electrons. The molecule has 2 aromatic rings. The van der Waals surface area contributed by atoms with Gasteiger partial charge < -0.3 is 0 Å². The Morgan fingerprint density at radius 2 is 2.25 bits per heavy atom. The molecular formula is C12H16N2OS. The Morgan fingerprint density at radius 1 is 1.50 bits per heavy atom. The molecule has 0 aliphatic carbocycles. The third-order valence-corrected chi connectivity index (χ3v) is 3.68. The molecule has 0 aromatic carbocycles. The first-order valence-corrected chi connectivity index (χ1v) is 6.44. The number of nitrogens with zero attached hydrogens (tertiary/aromatic N) is 2. The molecule has 2 heterocycles. The minimum Gasteiger partial charge on any atom is -0.296 e. The van der Waals surface area contributed by atoms with E-state index in [4.69, 9.17) is 0 Å². The molecule has 2 rings (SSSR count). The summed E-state index contributed by atoms with van der Waals surface area (Å²) in [5.41, 5.74) is 0.0820. The lowest BCUT2D eigenvalue weighted by atomic mass is 10.2. The van der Waals surface area contributed by atoms with Crippen LogP contribution in [0.15, 0.2) is 17.2 Å². The first kappa shape index (κ1) is 11.3. The normalized spacial score (nSPS) is 11.5. The highest BCUT2D eigenvalue weighted by Gasteiger charge is 2.09. The molecule has 0 spiro atoms. The minimum atomic E-state index is 0.0820. The first-order valence-electron chi connectivity index (χ1n) is 5.63. The molecule has 0 saturated heterocycles. The van der Waals surface area contributed by atoms with Crippen LogP contribution >= 0.6 is 11.3 Å². The standard InChI is InChI=1S/C12H16N2OS/c1-4-5-9-6-10-11(16-9)13-7-14(8(2)3)12(10)15/h6-8H,4-5H2,1-3H3. The number of hydrogen-bond acceptors (Lipinski definition) is 3. The van der Waals surface area contributed by atoms with Crippen molar-refractivity contribution >= 4 is 21.6 Å². The molecule has 0 saturated carbocycles. The molecule has 0 aliphatic rings. The highest BCUT2D eigenvalue weighted by Crippen LogP contribution is 2.22. The topological polar surface area (TPSA) is 34.9 Å². The van der Waals surface area contributed by atoms with Crippen LogP contribution in [0, 0.1) is 0 Å². The van der Waals surface area contributed by atoms with E-state index < -0.39 is 0 Å². The van der Waals surface area contributed by atoms with E-state index in [1.54, 1.807) is 22.2 Å². The maximum absolute atomic E-state index is 12.1. The van der Waals surface area contributed by atoms with Crippen molar-refractivity contribution in [3.05, 3.63) is 27.6 Å². The van der Waals surface area contributed by atoms with Gasteiger partial charge in [0.15, 0.2) is 0 Å². The minimum absolute atomic E-state index is 0.0820. The highest BCUT2D eigenvalue weighted by atomic mass is 32.1. The zero-order chi connectivity index (χ0) is 11.7. The van der Waals surface area contributed by atoms with Crippen molar-refractivity contribution in [1.82, 2.24) is 9.55 Å². The van der Waals surface area contributed by atoms with Crippen molar-refractivity contribution < 1.29 is 0 Å². The summed E-state index contributed by atoms with van der Waals surface area (Å²) >= 11 is 1.63. The number of thiophene rings is 1. The molecule has 0 fully saturated rings. The van der Waals surface area contributed by atoms with Crippen LogP contribution in [0.3, 0.4) is 0 Å². The van der Waals surface area contributed by atoms with Gasteiger partial charge in [-0.1, -0.05) is 13.3 Å². The first-order chi connectivity index (χ1) is 7.63. The van der Waals surface area contributed by atoms with Gasteiger partial charge in [-0.05, 0) is 26.3 Å². The second-order valence-electron chi connectivity index (χ2n) is 4.23. The Hall–Kier alpha value is -1.16. The molecular weight excluding hydrogens is 220 g/mol.